The van der Waals surface area contributed by atoms with E-state index in [-0.39, 0.29) is 30.1 Å². The molecular formula is C20H26N4O3. The standard InChI is InChI=1S/C20H26N4O3/c1-14(25)23(15-9-10-15)12-16-6-5-11-22(16)19(26)13-24-18-8-4-3-7-17(18)21(2)20(24)27/h3-4,7-8,15-16H,5-6,9-13H2,1-2H3. The van der Waals surface area contributed by atoms with E-state index in [9.17, 15) is 14.4 Å². The highest BCUT2D eigenvalue weighted by molar-refractivity contribution is 5.81. The Bertz CT molecular complexity index is 940. The summed E-state index contributed by atoms with van der Waals surface area (Å²) in [6.07, 6.45) is 3.97. The SMILES string of the molecule is CC(=O)N(CC1CCCN1C(=O)Cn1c(=O)n(C)c2ccccc21)C1CC1. The first-order valence-electron chi connectivity index (χ1n) is 9.68. The maximum atomic E-state index is 13.0. The van der Waals surface area contributed by atoms with E-state index >= 15 is 0 Å². The highest BCUT2D eigenvalue weighted by Gasteiger charge is 2.36. The monoisotopic (exact) mass is 370 g/mol. The second kappa shape index (κ2) is 6.87. The summed E-state index contributed by atoms with van der Waals surface area (Å²) in [5.41, 5.74) is 1.42. The number of fused-ring (bicyclic) bond motifs is 1. The van der Waals surface area contributed by atoms with Crippen LogP contribution in [0.5, 0.6) is 0 Å². The van der Waals surface area contributed by atoms with Crippen molar-refractivity contribution in [3.05, 3.63) is 34.7 Å². The molecule has 7 nitrogen and oxygen atoms in total. The van der Waals surface area contributed by atoms with Gasteiger partial charge < -0.3 is 9.80 Å². The average Bonchev–Trinajstić information content (AvgIpc) is 3.34. The van der Waals surface area contributed by atoms with Gasteiger partial charge in [0, 0.05) is 39.1 Å². The van der Waals surface area contributed by atoms with Crippen LogP contribution < -0.4 is 5.69 Å². The summed E-state index contributed by atoms with van der Waals surface area (Å²) in [4.78, 5) is 41.3. The normalized spacial score (nSPS) is 19.6. The first-order valence-corrected chi connectivity index (χ1v) is 9.68. The van der Waals surface area contributed by atoms with Crippen LogP contribution in [0.4, 0.5) is 0 Å². The van der Waals surface area contributed by atoms with Gasteiger partial charge in [-0.25, -0.2) is 4.79 Å². The van der Waals surface area contributed by atoms with E-state index in [0.29, 0.717) is 19.1 Å². The molecule has 2 aromatic rings. The number of para-hydroxylation sites is 2. The summed E-state index contributed by atoms with van der Waals surface area (Å²) in [5, 5.41) is 0. The van der Waals surface area contributed by atoms with E-state index in [1.54, 1.807) is 23.1 Å². The Hall–Kier alpha value is -2.57. The van der Waals surface area contributed by atoms with Crippen molar-refractivity contribution in [3.63, 3.8) is 0 Å². The van der Waals surface area contributed by atoms with Gasteiger partial charge in [-0.05, 0) is 37.8 Å². The minimum atomic E-state index is -0.177. The van der Waals surface area contributed by atoms with Gasteiger partial charge in [0.15, 0.2) is 0 Å². The number of rotatable bonds is 5. The highest BCUT2D eigenvalue weighted by atomic mass is 16.2. The van der Waals surface area contributed by atoms with Crippen molar-refractivity contribution in [1.29, 1.82) is 0 Å². The van der Waals surface area contributed by atoms with Crippen LogP contribution in [-0.4, -0.2) is 55.9 Å². The van der Waals surface area contributed by atoms with Crippen molar-refractivity contribution in [2.24, 2.45) is 7.05 Å². The second-order valence-corrected chi connectivity index (χ2v) is 7.70. The molecule has 0 bridgehead atoms. The molecule has 1 aromatic heterocycles. The topological polar surface area (TPSA) is 67.6 Å². The lowest BCUT2D eigenvalue weighted by molar-refractivity contribution is -0.136. The summed E-state index contributed by atoms with van der Waals surface area (Å²) in [5.74, 6) is 0.0392. The first kappa shape index (κ1) is 17.8. The number of likely N-dealkylation sites (tertiary alicyclic amines) is 1. The van der Waals surface area contributed by atoms with Crippen LogP contribution in [0.15, 0.2) is 29.1 Å². The molecule has 144 valence electrons. The van der Waals surface area contributed by atoms with Gasteiger partial charge in [0.05, 0.1) is 11.0 Å². The highest BCUT2D eigenvalue weighted by Crippen LogP contribution is 2.29. The molecule has 1 unspecified atom stereocenters. The van der Waals surface area contributed by atoms with Crippen LogP contribution in [0, 0.1) is 0 Å². The first-order chi connectivity index (χ1) is 13.0. The zero-order chi connectivity index (χ0) is 19.1. The molecule has 1 saturated carbocycles. The van der Waals surface area contributed by atoms with Gasteiger partial charge >= 0.3 is 5.69 Å². The Morgan fingerprint density at radius 2 is 1.85 bits per heavy atom. The molecule has 1 aliphatic carbocycles. The van der Waals surface area contributed by atoms with E-state index in [1.807, 2.05) is 34.1 Å². The summed E-state index contributed by atoms with van der Waals surface area (Å²) in [7, 11) is 1.73. The minimum absolute atomic E-state index is 0.0419. The maximum absolute atomic E-state index is 13.0. The van der Waals surface area contributed by atoms with Crippen molar-refractivity contribution in [1.82, 2.24) is 18.9 Å². The van der Waals surface area contributed by atoms with Crippen molar-refractivity contribution < 1.29 is 9.59 Å². The number of carbonyl (C=O) groups is 2. The summed E-state index contributed by atoms with van der Waals surface area (Å²) < 4.78 is 3.13. The average molecular weight is 370 g/mol. The molecule has 2 amide bonds. The van der Waals surface area contributed by atoms with Crippen molar-refractivity contribution in [2.75, 3.05) is 13.1 Å². The molecule has 1 aliphatic heterocycles. The van der Waals surface area contributed by atoms with Crippen molar-refractivity contribution in [3.8, 4) is 0 Å². The maximum Gasteiger partial charge on any atom is 0.329 e. The molecule has 1 atom stereocenters. The van der Waals surface area contributed by atoms with Gasteiger partial charge in [-0.3, -0.25) is 18.7 Å². The van der Waals surface area contributed by atoms with E-state index in [0.717, 1.165) is 36.7 Å². The molecule has 2 heterocycles. The molecule has 4 rings (SSSR count). The molecule has 0 N–H and O–H groups in total. The van der Waals surface area contributed by atoms with Crippen LogP contribution in [0.2, 0.25) is 0 Å². The lowest BCUT2D eigenvalue weighted by Crippen LogP contribution is -2.47. The number of hydrogen-bond donors (Lipinski definition) is 0. The number of carbonyl (C=O) groups excluding carboxylic acids is 2. The third-order valence-corrected chi connectivity index (χ3v) is 5.84. The van der Waals surface area contributed by atoms with Crippen LogP contribution in [-0.2, 0) is 23.2 Å². The fourth-order valence-electron chi connectivity index (χ4n) is 4.24. The predicted octanol–water partition coefficient (Wildman–Crippen LogP) is 1.34. The van der Waals surface area contributed by atoms with Gasteiger partial charge in [-0.1, -0.05) is 12.1 Å². The van der Waals surface area contributed by atoms with Gasteiger partial charge in [0.25, 0.3) is 0 Å². The lowest BCUT2D eigenvalue weighted by Gasteiger charge is -2.30. The summed E-state index contributed by atoms with van der Waals surface area (Å²) in [6, 6.07) is 7.92. The molecule has 2 aliphatic rings. The Morgan fingerprint density at radius 3 is 2.52 bits per heavy atom. The third-order valence-electron chi connectivity index (χ3n) is 5.84. The molecule has 1 saturated heterocycles. The number of nitrogens with zero attached hydrogens (tertiary/aromatic N) is 4. The van der Waals surface area contributed by atoms with E-state index in [1.165, 1.54) is 0 Å². The van der Waals surface area contributed by atoms with Crippen LogP contribution in [0.25, 0.3) is 11.0 Å². The van der Waals surface area contributed by atoms with Crippen LogP contribution in [0.3, 0.4) is 0 Å². The quantitative estimate of drug-likeness (QED) is 0.798. The minimum Gasteiger partial charge on any atom is -0.338 e. The molecule has 1 aromatic carbocycles. The fourth-order valence-corrected chi connectivity index (χ4v) is 4.24. The van der Waals surface area contributed by atoms with E-state index in [2.05, 4.69) is 0 Å². The Morgan fingerprint density at radius 1 is 1.15 bits per heavy atom. The molecule has 7 heteroatoms. The van der Waals surface area contributed by atoms with Crippen molar-refractivity contribution >= 4 is 22.8 Å². The summed E-state index contributed by atoms with van der Waals surface area (Å²) >= 11 is 0. The van der Waals surface area contributed by atoms with Crippen molar-refractivity contribution in [2.45, 2.75) is 51.2 Å². The number of benzene rings is 1. The smallest absolute Gasteiger partial charge is 0.329 e. The molecule has 0 spiro atoms. The number of aromatic nitrogens is 2. The largest absolute Gasteiger partial charge is 0.338 e. The fraction of sp³-hybridized carbons (Fsp3) is 0.550. The Balaban J connectivity index is 1.53. The number of aryl methyl sites for hydroxylation is 1. The number of amides is 2. The van der Waals surface area contributed by atoms with Crippen LogP contribution >= 0.6 is 0 Å². The third kappa shape index (κ3) is 3.26. The van der Waals surface area contributed by atoms with Gasteiger partial charge in [-0.2, -0.15) is 0 Å². The number of hydrogen-bond acceptors (Lipinski definition) is 3. The molecular weight excluding hydrogens is 344 g/mol. The predicted molar refractivity (Wildman–Crippen MR) is 102 cm³/mol. The lowest BCUT2D eigenvalue weighted by atomic mass is 10.2. The van der Waals surface area contributed by atoms with Crippen LogP contribution in [0.1, 0.15) is 32.6 Å². The zero-order valence-corrected chi connectivity index (χ0v) is 15.9. The molecule has 2 fully saturated rings. The van der Waals surface area contributed by atoms with Gasteiger partial charge in [-0.15, -0.1) is 0 Å². The second-order valence-electron chi connectivity index (χ2n) is 7.70. The number of imidazole rings is 1. The zero-order valence-electron chi connectivity index (χ0n) is 15.9. The Kier molecular flexibility index (Phi) is 4.53. The van der Waals surface area contributed by atoms with E-state index in [4.69, 9.17) is 0 Å². The van der Waals surface area contributed by atoms with Gasteiger partial charge in [0.1, 0.15) is 6.54 Å². The molecule has 27 heavy (non-hydrogen) atoms. The van der Waals surface area contributed by atoms with E-state index < -0.39 is 0 Å². The Labute approximate surface area is 158 Å². The molecule has 0 radical (unpaired) electrons. The summed E-state index contributed by atoms with van der Waals surface area (Å²) in [6.45, 7) is 2.95. The van der Waals surface area contributed by atoms with Gasteiger partial charge in [0.2, 0.25) is 11.8 Å².